The van der Waals surface area contributed by atoms with Crippen molar-refractivity contribution in [2.75, 3.05) is 17.2 Å². The van der Waals surface area contributed by atoms with Crippen molar-refractivity contribution in [1.82, 2.24) is 0 Å². The highest BCUT2D eigenvalue weighted by atomic mass is 16.4. The maximum atomic E-state index is 10.8. The Morgan fingerprint density at radius 3 is 2.64 bits per heavy atom. The molecule has 76 valence electrons. The molecule has 0 aliphatic rings. The van der Waals surface area contributed by atoms with Gasteiger partial charge in [-0.15, -0.1) is 0 Å². The highest BCUT2D eigenvalue weighted by Gasteiger charge is 2.15. The van der Waals surface area contributed by atoms with Crippen molar-refractivity contribution >= 4 is 17.5 Å². The van der Waals surface area contributed by atoms with Crippen LogP contribution in [0.2, 0.25) is 0 Å². The van der Waals surface area contributed by atoms with Crippen molar-refractivity contribution < 1.29 is 15.0 Å². The van der Waals surface area contributed by atoms with Gasteiger partial charge in [0.25, 0.3) is 0 Å². The van der Waals surface area contributed by atoms with Crippen LogP contribution in [0.5, 0.6) is 5.75 Å². The van der Waals surface area contributed by atoms with Crippen LogP contribution in [0.15, 0.2) is 18.2 Å². The first-order valence-corrected chi connectivity index (χ1v) is 4.15. The van der Waals surface area contributed by atoms with Crippen LogP contribution in [0.25, 0.3) is 0 Å². The number of hydrogen-bond donors (Lipinski definition) is 3. The zero-order chi connectivity index (χ0) is 10.7. The molecule has 0 aliphatic carbocycles. The molecule has 1 aromatic carbocycles. The molecule has 0 unspecified atom stereocenters. The summed E-state index contributed by atoms with van der Waals surface area (Å²) in [6, 6.07) is 4.34. The molecule has 0 atom stereocenters. The van der Waals surface area contributed by atoms with E-state index in [0.29, 0.717) is 5.69 Å². The molecule has 0 radical (unpaired) electrons. The Kier molecular flexibility index (Phi) is 2.81. The molecule has 1 aromatic rings. The molecule has 0 fully saturated rings. The van der Waals surface area contributed by atoms with Crippen molar-refractivity contribution in [3.05, 3.63) is 18.2 Å². The first-order valence-electron chi connectivity index (χ1n) is 4.15. The second kappa shape index (κ2) is 3.87. The number of amides is 1. The summed E-state index contributed by atoms with van der Waals surface area (Å²) in [5.41, 5.74) is 6.06. The number of nitrogens with zero attached hydrogens (tertiary/aromatic N) is 1. The third-order valence-corrected chi connectivity index (χ3v) is 1.84. The molecule has 0 aliphatic heterocycles. The lowest BCUT2D eigenvalue weighted by Gasteiger charge is -2.18. The monoisotopic (exact) mass is 196 g/mol. The smallest absolute Gasteiger partial charge is 0.411 e. The van der Waals surface area contributed by atoms with E-state index in [-0.39, 0.29) is 18.0 Å². The van der Waals surface area contributed by atoms with Gasteiger partial charge in [0.2, 0.25) is 0 Å². The van der Waals surface area contributed by atoms with Crippen molar-refractivity contribution in [2.24, 2.45) is 0 Å². The number of nitrogen functional groups attached to an aromatic ring is 1. The van der Waals surface area contributed by atoms with Crippen LogP contribution < -0.4 is 10.6 Å². The number of aromatic hydroxyl groups is 1. The third kappa shape index (κ3) is 1.87. The van der Waals surface area contributed by atoms with Crippen LogP contribution in [0, 0.1) is 0 Å². The minimum Gasteiger partial charge on any atom is -0.506 e. The van der Waals surface area contributed by atoms with Crippen molar-refractivity contribution in [3.8, 4) is 5.75 Å². The number of hydrogen-bond acceptors (Lipinski definition) is 3. The van der Waals surface area contributed by atoms with Crippen molar-refractivity contribution in [3.63, 3.8) is 0 Å². The zero-order valence-corrected chi connectivity index (χ0v) is 7.77. The molecule has 0 aromatic heterocycles. The summed E-state index contributed by atoms with van der Waals surface area (Å²) in [6.45, 7) is 1.96. The van der Waals surface area contributed by atoms with Gasteiger partial charge in [0, 0.05) is 18.3 Å². The van der Waals surface area contributed by atoms with E-state index in [9.17, 15) is 9.90 Å². The molecule has 0 bridgehead atoms. The van der Waals surface area contributed by atoms with Gasteiger partial charge < -0.3 is 15.9 Å². The van der Waals surface area contributed by atoms with Crippen LogP contribution in [-0.2, 0) is 0 Å². The van der Waals surface area contributed by atoms with Crippen LogP contribution in [0.3, 0.4) is 0 Å². The van der Waals surface area contributed by atoms with E-state index in [4.69, 9.17) is 10.8 Å². The second-order valence-corrected chi connectivity index (χ2v) is 2.77. The van der Waals surface area contributed by atoms with Crippen LogP contribution in [-0.4, -0.2) is 22.9 Å². The molecule has 1 amide bonds. The Morgan fingerprint density at radius 2 is 2.21 bits per heavy atom. The van der Waals surface area contributed by atoms with Crippen LogP contribution in [0.4, 0.5) is 16.2 Å². The first kappa shape index (κ1) is 10.2. The minimum absolute atomic E-state index is 0.130. The third-order valence-electron chi connectivity index (χ3n) is 1.84. The number of rotatable bonds is 2. The lowest BCUT2D eigenvalue weighted by Crippen LogP contribution is -2.28. The minimum atomic E-state index is -1.10. The second-order valence-electron chi connectivity index (χ2n) is 2.77. The summed E-state index contributed by atoms with van der Waals surface area (Å²) < 4.78 is 0. The number of phenols is 1. The number of benzene rings is 1. The first-order chi connectivity index (χ1) is 6.56. The predicted molar refractivity (Wildman–Crippen MR) is 53.6 cm³/mol. The standard InChI is InChI=1S/C9H12N2O3/c1-2-11(9(13)14)7-4-3-6(10)5-8(7)12/h3-5,12H,2,10H2,1H3,(H,13,14). The fraction of sp³-hybridized carbons (Fsp3) is 0.222. The van der Waals surface area contributed by atoms with E-state index in [1.54, 1.807) is 13.0 Å². The molecule has 5 heteroatoms. The highest BCUT2D eigenvalue weighted by Crippen LogP contribution is 2.28. The van der Waals surface area contributed by atoms with Gasteiger partial charge >= 0.3 is 6.09 Å². The van der Waals surface area contributed by atoms with Gasteiger partial charge in [0.1, 0.15) is 5.75 Å². The van der Waals surface area contributed by atoms with Crippen molar-refractivity contribution in [1.29, 1.82) is 0 Å². The fourth-order valence-electron chi connectivity index (χ4n) is 1.18. The zero-order valence-electron chi connectivity index (χ0n) is 7.77. The molecule has 1 rings (SSSR count). The van der Waals surface area contributed by atoms with E-state index in [1.165, 1.54) is 12.1 Å². The summed E-state index contributed by atoms with van der Waals surface area (Å²) in [5.74, 6) is -0.130. The fourth-order valence-corrected chi connectivity index (χ4v) is 1.18. The molecular weight excluding hydrogens is 184 g/mol. The van der Waals surface area contributed by atoms with Crippen LogP contribution >= 0.6 is 0 Å². The maximum Gasteiger partial charge on any atom is 0.411 e. The maximum absolute atomic E-state index is 10.8. The molecule has 0 saturated heterocycles. The van der Waals surface area contributed by atoms with Gasteiger partial charge in [-0.2, -0.15) is 0 Å². The van der Waals surface area contributed by atoms with E-state index >= 15 is 0 Å². The molecular formula is C9H12N2O3. The molecule has 0 saturated carbocycles. The summed E-state index contributed by atoms with van der Waals surface area (Å²) in [6.07, 6.45) is -1.10. The SMILES string of the molecule is CCN(C(=O)O)c1ccc(N)cc1O. The van der Waals surface area contributed by atoms with E-state index in [0.717, 1.165) is 4.90 Å². The quantitative estimate of drug-likeness (QED) is 0.625. The highest BCUT2D eigenvalue weighted by molar-refractivity contribution is 5.88. The Hall–Kier alpha value is -1.91. The lowest BCUT2D eigenvalue weighted by molar-refractivity contribution is 0.202. The number of phenolic OH excluding ortho intramolecular Hbond substituents is 1. The average Bonchev–Trinajstić information content (AvgIpc) is 2.09. The topological polar surface area (TPSA) is 86.8 Å². The van der Waals surface area contributed by atoms with E-state index in [2.05, 4.69) is 0 Å². The lowest BCUT2D eigenvalue weighted by atomic mass is 10.2. The normalized spacial score (nSPS) is 9.79. The summed E-state index contributed by atoms with van der Waals surface area (Å²) >= 11 is 0. The molecule has 5 nitrogen and oxygen atoms in total. The average molecular weight is 196 g/mol. The molecule has 0 heterocycles. The largest absolute Gasteiger partial charge is 0.506 e. The molecule has 0 spiro atoms. The Balaban J connectivity index is 3.10. The van der Waals surface area contributed by atoms with E-state index < -0.39 is 6.09 Å². The van der Waals surface area contributed by atoms with Gasteiger partial charge in [-0.1, -0.05) is 0 Å². The summed E-state index contributed by atoms with van der Waals surface area (Å²) in [7, 11) is 0. The Morgan fingerprint density at radius 1 is 1.57 bits per heavy atom. The number of carboxylic acid groups (broad SMARTS) is 1. The van der Waals surface area contributed by atoms with Gasteiger partial charge in [-0.05, 0) is 19.1 Å². The molecule has 4 N–H and O–H groups in total. The number of anilines is 2. The predicted octanol–water partition coefficient (Wildman–Crippen LogP) is 1.48. The van der Waals surface area contributed by atoms with E-state index in [1.807, 2.05) is 0 Å². The van der Waals surface area contributed by atoms with Gasteiger partial charge in [0.15, 0.2) is 0 Å². The number of nitrogens with two attached hydrogens (primary N) is 1. The Labute approximate surface area is 81.4 Å². The van der Waals surface area contributed by atoms with Gasteiger partial charge in [0.05, 0.1) is 5.69 Å². The van der Waals surface area contributed by atoms with Crippen molar-refractivity contribution in [2.45, 2.75) is 6.92 Å². The Bertz CT molecular complexity index is 352. The molecule has 14 heavy (non-hydrogen) atoms. The number of carbonyl (C=O) groups is 1. The van der Waals surface area contributed by atoms with Crippen LogP contribution in [0.1, 0.15) is 6.92 Å². The summed E-state index contributed by atoms with van der Waals surface area (Å²) in [5, 5.41) is 18.3. The van der Waals surface area contributed by atoms with Gasteiger partial charge in [-0.3, -0.25) is 4.90 Å². The van der Waals surface area contributed by atoms with Gasteiger partial charge in [-0.25, -0.2) is 4.79 Å². The summed E-state index contributed by atoms with van der Waals surface area (Å²) in [4.78, 5) is 11.8.